The molecule has 3 rings (SSSR count). The summed E-state index contributed by atoms with van der Waals surface area (Å²) < 4.78 is 14.9. The molecule has 2 heterocycles. The van der Waals surface area contributed by atoms with Gasteiger partial charge in [-0.1, -0.05) is 12.1 Å². The Kier molecular flexibility index (Phi) is 5.11. The van der Waals surface area contributed by atoms with Crippen molar-refractivity contribution in [2.75, 3.05) is 13.1 Å². The first-order valence-corrected chi connectivity index (χ1v) is 8.29. The minimum absolute atomic E-state index is 0.121. The number of carboxylic acids is 1. The van der Waals surface area contributed by atoms with Gasteiger partial charge in [0, 0.05) is 24.7 Å². The molecule has 0 spiro atoms. The zero-order valence-electron chi connectivity index (χ0n) is 14.0. The number of benzene rings is 1. The summed E-state index contributed by atoms with van der Waals surface area (Å²) in [5.74, 6) is -2.38. The number of carbonyl (C=O) groups is 2. The lowest BCUT2D eigenvalue weighted by Gasteiger charge is -2.30. The molecule has 1 amide bonds. The van der Waals surface area contributed by atoms with Gasteiger partial charge in [-0.05, 0) is 31.0 Å². The minimum Gasteiger partial charge on any atom is -0.481 e. The molecule has 1 aromatic carbocycles. The molecule has 1 aromatic heterocycles. The van der Waals surface area contributed by atoms with Crippen LogP contribution in [0.4, 0.5) is 4.39 Å². The maximum absolute atomic E-state index is 13.9. The summed E-state index contributed by atoms with van der Waals surface area (Å²) in [6.07, 6.45) is 1.13. The second-order valence-electron chi connectivity index (χ2n) is 6.21. The lowest BCUT2D eigenvalue weighted by molar-refractivity contribution is -0.145. The second kappa shape index (κ2) is 7.47. The van der Waals surface area contributed by atoms with Crippen LogP contribution in [0.1, 0.15) is 12.8 Å². The number of aliphatic carboxylic acids is 1. The monoisotopic (exact) mass is 359 g/mol. The molecule has 0 saturated carbocycles. The third kappa shape index (κ3) is 3.79. The largest absolute Gasteiger partial charge is 0.481 e. The van der Waals surface area contributed by atoms with E-state index in [1.807, 2.05) is 0 Å². The molecule has 1 atom stereocenters. The Balaban J connectivity index is 1.80. The first-order chi connectivity index (χ1) is 12.5. The van der Waals surface area contributed by atoms with Gasteiger partial charge in [0.1, 0.15) is 12.4 Å². The maximum atomic E-state index is 13.9. The third-order valence-electron chi connectivity index (χ3n) is 4.42. The maximum Gasteiger partial charge on any atom is 0.308 e. The van der Waals surface area contributed by atoms with E-state index in [1.54, 1.807) is 12.1 Å². The number of hydrogen-bond donors (Lipinski definition) is 1. The van der Waals surface area contributed by atoms with Gasteiger partial charge in [0.25, 0.3) is 5.56 Å². The summed E-state index contributed by atoms with van der Waals surface area (Å²) in [5, 5.41) is 13.2. The molecule has 1 N–H and O–H groups in total. The quantitative estimate of drug-likeness (QED) is 0.890. The van der Waals surface area contributed by atoms with Crippen LogP contribution >= 0.6 is 0 Å². The molecule has 1 aliphatic heterocycles. The molecule has 136 valence electrons. The number of halogens is 1. The summed E-state index contributed by atoms with van der Waals surface area (Å²) in [6, 6.07) is 8.67. The molecular formula is C18H18FN3O4. The average molecular weight is 359 g/mol. The van der Waals surface area contributed by atoms with Crippen LogP contribution in [0.3, 0.4) is 0 Å². The highest BCUT2D eigenvalue weighted by Gasteiger charge is 2.28. The van der Waals surface area contributed by atoms with Gasteiger partial charge in [0.15, 0.2) is 0 Å². The van der Waals surface area contributed by atoms with E-state index in [0.717, 1.165) is 4.68 Å². The van der Waals surface area contributed by atoms with Gasteiger partial charge in [-0.25, -0.2) is 9.07 Å². The van der Waals surface area contributed by atoms with Crippen molar-refractivity contribution in [2.24, 2.45) is 5.92 Å². The van der Waals surface area contributed by atoms with Crippen molar-refractivity contribution in [3.63, 3.8) is 0 Å². The minimum atomic E-state index is -0.931. The average Bonchev–Trinajstić information content (AvgIpc) is 2.64. The van der Waals surface area contributed by atoms with E-state index in [9.17, 15) is 18.8 Å². The zero-order valence-corrected chi connectivity index (χ0v) is 14.0. The van der Waals surface area contributed by atoms with E-state index in [0.29, 0.717) is 19.4 Å². The van der Waals surface area contributed by atoms with Crippen molar-refractivity contribution in [1.29, 1.82) is 0 Å². The second-order valence-corrected chi connectivity index (χ2v) is 6.21. The molecule has 1 saturated heterocycles. The van der Waals surface area contributed by atoms with E-state index in [4.69, 9.17) is 5.11 Å². The fourth-order valence-electron chi connectivity index (χ4n) is 3.01. The van der Waals surface area contributed by atoms with Gasteiger partial charge in [0.2, 0.25) is 5.91 Å². The fourth-order valence-corrected chi connectivity index (χ4v) is 3.01. The van der Waals surface area contributed by atoms with E-state index < -0.39 is 23.3 Å². The van der Waals surface area contributed by atoms with Crippen LogP contribution in [0.2, 0.25) is 0 Å². The molecule has 7 nitrogen and oxygen atoms in total. The van der Waals surface area contributed by atoms with Gasteiger partial charge in [0.05, 0.1) is 11.6 Å². The highest BCUT2D eigenvalue weighted by Crippen LogP contribution is 2.19. The summed E-state index contributed by atoms with van der Waals surface area (Å²) in [4.78, 5) is 37.0. The molecule has 1 unspecified atom stereocenters. The summed E-state index contributed by atoms with van der Waals surface area (Å²) in [7, 11) is 0. The van der Waals surface area contributed by atoms with Crippen LogP contribution < -0.4 is 5.56 Å². The van der Waals surface area contributed by atoms with Crippen molar-refractivity contribution < 1.29 is 19.1 Å². The molecule has 0 radical (unpaired) electrons. The number of carboxylic acid groups (broad SMARTS) is 1. The number of carbonyl (C=O) groups excluding carboxylic acids is 1. The number of piperidine rings is 1. The van der Waals surface area contributed by atoms with E-state index >= 15 is 0 Å². The van der Waals surface area contributed by atoms with Crippen molar-refractivity contribution in [1.82, 2.24) is 14.7 Å². The Hall–Kier alpha value is -3.03. The van der Waals surface area contributed by atoms with Crippen LogP contribution in [0.5, 0.6) is 0 Å². The number of rotatable bonds is 4. The Morgan fingerprint density at radius 3 is 2.73 bits per heavy atom. The molecule has 1 aliphatic rings. The molecule has 26 heavy (non-hydrogen) atoms. The third-order valence-corrected chi connectivity index (χ3v) is 4.42. The lowest BCUT2D eigenvalue weighted by Crippen LogP contribution is -2.44. The summed E-state index contributed by atoms with van der Waals surface area (Å²) in [5.41, 5.74) is 0.000373. The normalized spacial score (nSPS) is 17.1. The van der Waals surface area contributed by atoms with E-state index in [-0.39, 0.29) is 30.3 Å². The van der Waals surface area contributed by atoms with Crippen LogP contribution in [0.15, 0.2) is 41.2 Å². The van der Waals surface area contributed by atoms with Crippen molar-refractivity contribution in [2.45, 2.75) is 19.4 Å². The van der Waals surface area contributed by atoms with Crippen molar-refractivity contribution in [3.05, 3.63) is 52.6 Å². The smallest absolute Gasteiger partial charge is 0.308 e. The highest BCUT2D eigenvalue weighted by molar-refractivity contribution is 5.77. The standard InChI is InChI=1S/C18H18FN3O4/c19-14-6-2-1-5-13(14)15-7-8-16(23)22(20-15)11-17(24)21-9-3-4-12(10-21)18(25)26/h1-2,5-8,12H,3-4,9-11H2,(H,25,26). The topological polar surface area (TPSA) is 92.5 Å². The van der Waals surface area contributed by atoms with E-state index in [1.165, 1.54) is 29.2 Å². The summed E-state index contributed by atoms with van der Waals surface area (Å²) in [6.45, 7) is 0.258. The van der Waals surface area contributed by atoms with Crippen molar-refractivity contribution in [3.8, 4) is 11.3 Å². The van der Waals surface area contributed by atoms with Crippen LogP contribution in [-0.4, -0.2) is 44.8 Å². The first-order valence-electron chi connectivity index (χ1n) is 8.29. The Bertz CT molecular complexity index is 896. The molecule has 8 heteroatoms. The van der Waals surface area contributed by atoms with Gasteiger partial charge >= 0.3 is 5.97 Å². The fraction of sp³-hybridized carbons (Fsp3) is 0.333. The van der Waals surface area contributed by atoms with Crippen LogP contribution in [0, 0.1) is 11.7 Å². The molecule has 2 aromatic rings. The Labute approximate surface area is 148 Å². The van der Waals surface area contributed by atoms with Gasteiger partial charge < -0.3 is 10.0 Å². The summed E-state index contributed by atoms with van der Waals surface area (Å²) >= 11 is 0. The number of aromatic nitrogens is 2. The van der Waals surface area contributed by atoms with E-state index in [2.05, 4.69) is 5.10 Å². The number of likely N-dealkylation sites (tertiary alicyclic amines) is 1. The first kappa shape index (κ1) is 17.8. The number of hydrogen-bond acceptors (Lipinski definition) is 4. The molecular weight excluding hydrogens is 341 g/mol. The molecule has 0 bridgehead atoms. The predicted molar refractivity (Wildman–Crippen MR) is 90.8 cm³/mol. The zero-order chi connectivity index (χ0) is 18.7. The van der Waals surface area contributed by atoms with Gasteiger partial charge in [-0.15, -0.1) is 0 Å². The SMILES string of the molecule is O=C(O)C1CCCN(C(=O)Cn2nc(-c3ccccc3F)ccc2=O)C1. The molecule has 0 aliphatic carbocycles. The van der Waals surface area contributed by atoms with Gasteiger partial charge in [-0.2, -0.15) is 5.10 Å². The highest BCUT2D eigenvalue weighted by atomic mass is 19.1. The van der Waals surface area contributed by atoms with Crippen LogP contribution in [0.25, 0.3) is 11.3 Å². The lowest BCUT2D eigenvalue weighted by atomic mass is 9.98. The predicted octanol–water partition coefficient (Wildman–Crippen LogP) is 1.37. The van der Waals surface area contributed by atoms with Crippen molar-refractivity contribution >= 4 is 11.9 Å². The number of amides is 1. The van der Waals surface area contributed by atoms with Crippen LogP contribution in [-0.2, 0) is 16.1 Å². The molecule has 1 fully saturated rings. The number of nitrogens with zero attached hydrogens (tertiary/aromatic N) is 3. The Morgan fingerprint density at radius 2 is 2.00 bits per heavy atom. The Morgan fingerprint density at radius 1 is 1.23 bits per heavy atom. The van der Waals surface area contributed by atoms with Gasteiger partial charge in [-0.3, -0.25) is 14.4 Å².